The van der Waals surface area contributed by atoms with E-state index in [1.54, 1.807) is 10.7 Å². The fourth-order valence-corrected chi connectivity index (χ4v) is 2.85. The molecule has 0 saturated carbocycles. The highest BCUT2D eigenvalue weighted by atomic mass is 19.4. The maximum absolute atomic E-state index is 13.0. The topological polar surface area (TPSA) is 42.7 Å². The number of halogens is 3. The van der Waals surface area contributed by atoms with Crippen molar-refractivity contribution in [1.82, 2.24) is 14.8 Å². The van der Waals surface area contributed by atoms with Crippen LogP contribution >= 0.6 is 0 Å². The van der Waals surface area contributed by atoms with Crippen LogP contribution in [0.25, 0.3) is 5.70 Å². The summed E-state index contributed by atoms with van der Waals surface area (Å²) >= 11 is 0. The maximum atomic E-state index is 13.0. The molecule has 0 radical (unpaired) electrons. The van der Waals surface area contributed by atoms with Gasteiger partial charge in [-0.15, -0.1) is 0 Å². The molecule has 1 N–H and O–H groups in total. The molecule has 7 heteroatoms. The van der Waals surface area contributed by atoms with Crippen LogP contribution < -0.4 is 5.32 Å². The first-order chi connectivity index (χ1) is 12.0. The third-order valence-electron chi connectivity index (χ3n) is 4.05. The average Bonchev–Trinajstić information content (AvgIpc) is 3.09. The molecule has 4 nitrogen and oxygen atoms in total. The Labute approximate surface area is 141 Å². The number of hydrogen-bond acceptors (Lipinski definition) is 3. The van der Waals surface area contributed by atoms with Crippen LogP contribution in [0.15, 0.2) is 67.0 Å². The van der Waals surface area contributed by atoms with Gasteiger partial charge in [0.1, 0.15) is 12.4 Å². The van der Waals surface area contributed by atoms with Gasteiger partial charge in [0.15, 0.2) is 0 Å². The molecule has 25 heavy (non-hydrogen) atoms. The van der Waals surface area contributed by atoms with Crippen molar-refractivity contribution in [2.75, 3.05) is 5.32 Å². The summed E-state index contributed by atoms with van der Waals surface area (Å²) in [5.74, 6) is 0.490. The van der Waals surface area contributed by atoms with E-state index in [1.165, 1.54) is 12.4 Å². The van der Waals surface area contributed by atoms with E-state index in [1.807, 2.05) is 36.4 Å². The van der Waals surface area contributed by atoms with Crippen molar-refractivity contribution in [1.29, 1.82) is 0 Å². The van der Waals surface area contributed by atoms with E-state index in [4.69, 9.17) is 0 Å². The number of alkyl halides is 3. The second-order valence-corrected chi connectivity index (χ2v) is 5.67. The van der Waals surface area contributed by atoms with Gasteiger partial charge in [0, 0.05) is 5.70 Å². The normalized spacial score (nSPS) is 16.8. The molecule has 0 saturated heterocycles. The molecule has 0 spiro atoms. The zero-order chi connectivity index (χ0) is 17.4. The lowest BCUT2D eigenvalue weighted by atomic mass is 10.0. The van der Waals surface area contributed by atoms with Crippen molar-refractivity contribution in [3.63, 3.8) is 0 Å². The van der Waals surface area contributed by atoms with Crippen molar-refractivity contribution in [2.24, 2.45) is 0 Å². The zero-order valence-electron chi connectivity index (χ0n) is 12.9. The minimum absolute atomic E-state index is 0.246. The number of benzene rings is 2. The number of anilines is 1. The molecule has 0 bridgehead atoms. The van der Waals surface area contributed by atoms with Gasteiger partial charge in [0.2, 0.25) is 5.95 Å². The van der Waals surface area contributed by atoms with Crippen molar-refractivity contribution in [3.8, 4) is 0 Å². The average molecular weight is 342 g/mol. The standard InChI is InChI=1S/C18H13F3N4/c19-18(20,21)14-8-4-7-13(9-14)15-10-16(12-5-2-1-3-6-12)25-17(24-15)22-11-23-25/h1-11,16H,(H,22,23,24). The number of allylic oxidation sites excluding steroid dienone is 1. The van der Waals surface area contributed by atoms with E-state index >= 15 is 0 Å². The highest BCUT2D eigenvalue weighted by Crippen LogP contribution is 2.34. The van der Waals surface area contributed by atoms with Gasteiger partial charge in [-0.05, 0) is 29.3 Å². The van der Waals surface area contributed by atoms with Crippen LogP contribution in [0.1, 0.15) is 22.7 Å². The Kier molecular flexibility index (Phi) is 3.56. The molecular weight excluding hydrogens is 329 g/mol. The van der Waals surface area contributed by atoms with Gasteiger partial charge in [-0.25, -0.2) is 4.68 Å². The number of hydrogen-bond donors (Lipinski definition) is 1. The second-order valence-electron chi connectivity index (χ2n) is 5.67. The molecule has 126 valence electrons. The van der Waals surface area contributed by atoms with E-state index in [9.17, 15) is 13.2 Å². The first kappa shape index (κ1) is 15.4. The molecule has 1 aromatic heterocycles. The summed E-state index contributed by atoms with van der Waals surface area (Å²) in [6.45, 7) is 0. The fraction of sp³-hybridized carbons (Fsp3) is 0.111. The lowest BCUT2D eigenvalue weighted by Crippen LogP contribution is -2.20. The summed E-state index contributed by atoms with van der Waals surface area (Å²) in [6, 6.07) is 14.6. The number of rotatable bonds is 2. The molecule has 1 atom stereocenters. The van der Waals surface area contributed by atoms with Crippen LogP contribution in [0.4, 0.5) is 19.1 Å². The smallest absolute Gasteiger partial charge is 0.324 e. The Morgan fingerprint density at radius 1 is 1.00 bits per heavy atom. The van der Waals surface area contributed by atoms with Gasteiger partial charge in [0.05, 0.1) is 5.56 Å². The third-order valence-corrected chi connectivity index (χ3v) is 4.05. The SMILES string of the molecule is FC(F)(F)c1cccc(C2=CC(c3ccccc3)n3ncnc3N2)c1. The molecule has 0 amide bonds. The Morgan fingerprint density at radius 3 is 2.56 bits per heavy atom. The minimum Gasteiger partial charge on any atom is -0.324 e. The first-order valence-electron chi connectivity index (χ1n) is 7.63. The van der Waals surface area contributed by atoms with Crippen LogP contribution in [0.5, 0.6) is 0 Å². The van der Waals surface area contributed by atoms with Gasteiger partial charge in [-0.1, -0.05) is 42.5 Å². The minimum atomic E-state index is -4.38. The largest absolute Gasteiger partial charge is 0.416 e. The molecule has 4 rings (SSSR count). The predicted molar refractivity (Wildman–Crippen MR) is 87.6 cm³/mol. The molecule has 3 aromatic rings. The van der Waals surface area contributed by atoms with Gasteiger partial charge >= 0.3 is 6.18 Å². The van der Waals surface area contributed by atoms with E-state index in [-0.39, 0.29) is 6.04 Å². The quantitative estimate of drug-likeness (QED) is 0.753. The van der Waals surface area contributed by atoms with Crippen molar-refractivity contribution < 1.29 is 13.2 Å². The molecule has 1 unspecified atom stereocenters. The summed E-state index contributed by atoms with van der Waals surface area (Å²) in [5.41, 5.74) is 1.31. The van der Waals surface area contributed by atoms with Crippen LogP contribution in [0, 0.1) is 0 Å². The van der Waals surface area contributed by atoms with Gasteiger partial charge in [0.25, 0.3) is 0 Å². The number of fused-ring (bicyclic) bond motifs is 1. The zero-order valence-corrected chi connectivity index (χ0v) is 12.9. The Morgan fingerprint density at radius 2 is 1.80 bits per heavy atom. The van der Waals surface area contributed by atoms with E-state index in [2.05, 4.69) is 15.4 Å². The Bertz CT molecular complexity index is 929. The van der Waals surface area contributed by atoms with Gasteiger partial charge < -0.3 is 5.32 Å². The van der Waals surface area contributed by atoms with Crippen LogP contribution in [-0.4, -0.2) is 14.8 Å². The highest BCUT2D eigenvalue weighted by Gasteiger charge is 2.31. The van der Waals surface area contributed by atoms with E-state index in [0.29, 0.717) is 17.2 Å². The molecule has 2 heterocycles. The maximum Gasteiger partial charge on any atom is 0.416 e. The fourth-order valence-electron chi connectivity index (χ4n) is 2.85. The lowest BCUT2D eigenvalue weighted by molar-refractivity contribution is -0.137. The monoisotopic (exact) mass is 342 g/mol. The number of nitrogens with zero attached hydrogens (tertiary/aromatic N) is 3. The number of aromatic nitrogens is 3. The lowest BCUT2D eigenvalue weighted by Gasteiger charge is -2.24. The van der Waals surface area contributed by atoms with Gasteiger partial charge in [-0.3, -0.25) is 0 Å². The Hall–Kier alpha value is -3.09. The Balaban J connectivity index is 1.79. The van der Waals surface area contributed by atoms with Crippen LogP contribution in [-0.2, 0) is 6.18 Å². The van der Waals surface area contributed by atoms with Crippen LogP contribution in [0.2, 0.25) is 0 Å². The summed E-state index contributed by atoms with van der Waals surface area (Å²) in [4.78, 5) is 4.16. The number of nitrogens with one attached hydrogen (secondary N) is 1. The molecular formula is C18H13F3N4. The molecule has 0 fully saturated rings. The second kappa shape index (κ2) is 5.77. The van der Waals surface area contributed by atoms with Crippen molar-refractivity contribution in [3.05, 3.63) is 83.7 Å². The summed E-state index contributed by atoms with van der Waals surface area (Å²) < 4.78 is 40.7. The third kappa shape index (κ3) is 2.88. The van der Waals surface area contributed by atoms with Crippen molar-refractivity contribution in [2.45, 2.75) is 12.2 Å². The molecule has 0 aliphatic carbocycles. The first-order valence-corrected chi connectivity index (χ1v) is 7.63. The van der Waals surface area contributed by atoms with Crippen LogP contribution in [0.3, 0.4) is 0 Å². The molecule has 2 aromatic carbocycles. The summed E-state index contributed by atoms with van der Waals surface area (Å²) in [6.07, 6.45) is -1.11. The summed E-state index contributed by atoms with van der Waals surface area (Å²) in [7, 11) is 0. The molecule has 1 aliphatic heterocycles. The van der Waals surface area contributed by atoms with Crippen molar-refractivity contribution >= 4 is 11.6 Å². The molecule has 1 aliphatic rings. The van der Waals surface area contributed by atoms with Gasteiger partial charge in [-0.2, -0.15) is 23.3 Å². The predicted octanol–water partition coefficient (Wildman–Crippen LogP) is 4.35. The van der Waals surface area contributed by atoms with E-state index < -0.39 is 11.7 Å². The van der Waals surface area contributed by atoms with E-state index in [0.717, 1.165) is 17.7 Å². The highest BCUT2D eigenvalue weighted by molar-refractivity contribution is 5.77. The summed E-state index contributed by atoms with van der Waals surface area (Å²) in [5, 5.41) is 7.27.